The highest BCUT2D eigenvalue weighted by Gasteiger charge is 2.08. The van der Waals surface area contributed by atoms with Crippen molar-refractivity contribution in [2.45, 2.75) is 36.7 Å². The van der Waals surface area contributed by atoms with Crippen molar-refractivity contribution < 1.29 is 0 Å². The molecule has 0 aliphatic rings. The molecule has 0 amide bonds. The van der Waals surface area contributed by atoms with E-state index in [9.17, 15) is 0 Å². The summed E-state index contributed by atoms with van der Waals surface area (Å²) in [6.45, 7) is 6.10. The highest BCUT2D eigenvalue weighted by Crippen LogP contribution is 2.35. The van der Waals surface area contributed by atoms with Gasteiger partial charge in [-0.25, -0.2) is 4.98 Å². The third-order valence-electron chi connectivity index (χ3n) is 2.94. The van der Waals surface area contributed by atoms with E-state index in [2.05, 4.69) is 30.2 Å². The predicted octanol–water partition coefficient (Wildman–Crippen LogP) is 5.35. The third-order valence-corrected chi connectivity index (χ3v) is 4.80. The molecule has 0 atom stereocenters. The number of nitrogens with zero attached hydrogens (tertiary/aromatic N) is 1. The van der Waals surface area contributed by atoms with Crippen molar-refractivity contribution in [2.24, 2.45) is 0 Å². The molecule has 2 aromatic rings. The van der Waals surface area contributed by atoms with Gasteiger partial charge in [0.25, 0.3) is 0 Å². The molecule has 0 aliphatic heterocycles. The molecule has 0 saturated heterocycles. The van der Waals surface area contributed by atoms with Crippen LogP contribution in [0.2, 0.25) is 10.0 Å². The first-order chi connectivity index (χ1) is 10.1. The fourth-order valence-corrected chi connectivity index (χ4v) is 3.25. The Balaban J connectivity index is 2.12. The summed E-state index contributed by atoms with van der Waals surface area (Å²) in [5.41, 5.74) is 2.34. The average molecular weight is 341 g/mol. The Hall–Kier alpha value is -0.740. The lowest BCUT2D eigenvalue weighted by Gasteiger charge is -2.09. The van der Waals surface area contributed by atoms with E-state index in [-0.39, 0.29) is 0 Å². The van der Waals surface area contributed by atoms with Gasteiger partial charge in [-0.15, -0.1) is 0 Å². The summed E-state index contributed by atoms with van der Waals surface area (Å²) in [7, 11) is 0. The van der Waals surface area contributed by atoms with Crippen LogP contribution in [0.5, 0.6) is 0 Å². The van der Waals surface area contributed by atoms with E-state index in [1.807, 2.05) is 18.3 Å². The number of aryl methyl sites for hydroxylation is 1. The first-order valence-electron chi connectivity index (χ1n) is 6.89. The zero-order valence-corrected chi connectivity index (χ0v) is 14.4. The Morgan fingerprint density at radius 1 is 1.24 bits per heavy atom. The van der Waals surface area contributed by atoms with Crippen molar-refractivity contribution in [3.8, 4) is 0 Å². The molecule has 0 fully saturated rings. The minimum atomic E-state index is 0.680. The van der Waals surface area contributed by atoms with Gasteiger partial charge in [-0.1, -0.05) is 48.0 Å². The summed E-state index contributed by atoms with van der Waals surface area (Å²) in [5.74, 6) is 0. The SMILES string of the molecule is CCCNCc1cnc(Sc2cc(Cl)ccc2Cl)c(C)c1. The smallest absolute Gasteiger partial charge is 0.104 e. The summed E-state index contributed by atoms with van der Waals surface area (Å²) in [6, 6.07) is 7.63. The van der Waals surface area contributed by atoms with Crippen molar-refractivity contribution in [3.05, 3.63) is 51.6 Å². The molecule has 112 valence electrons. The minimum absolute atomic E-state index is 0.680. The molecule has 0 aliphatic carbocycles. The molecule has 1 heterocycles. The molecular weight excluding hydrogens is 323 g/mol. The number of hydrogen-bond donors (Lipinski definition) is 1. The standard InChI is InChI=1S/C16H18Cl2N2S/c1-3-6-19-9-12-7-11(2)16(20-10-12)21-15-8-13(17)4-5-14(15)18/h4-5,7-8,10,19H,3,6,9H2,1-2H3. The summed E-state index contributed by atoms with van der Waals surface area (Å²) in [4.78, 5) is 5.47. The number of halogens is 2. The van der Waals surface area contributed by atoms with Crippen LogP contribution in [0.25, 0.3) is 0 Å². The van der Waals surface area contributed by atoms with E-state index in [4.69, 9.17) is 23.2 Å². The molecule has 1 N–H and O–H groups in total. The third kappa shape index (κ3) is 4.89. The number of pyridine rings is 1. The van der Waals surface area contributed by atoms with Crippen LogP contribution in [-0.4, -0.2) is 11.5 Å². The van der Waals surface area contributed by atoms with Gasteiger partial charge in [0.1, 0.15) is 5.03 Å². The van der Waals surface area contributed by atoms with Gasteiger partial charge in [0.05, 0.1) is 5.02 Å². The molecule has 2 nitrogen and oxygen atoms in total. The van der Waals surface area contributed by atoms with E-state index < -0.39 is 0 Å². The fraction of sp³-hybridized carbons (Fsp3) is 0.312. The van der Waals surface area contributed by atoms with Crippen molar-refractivity contribution in [1.82, 2.24) is 10.3 Å². The molecule has 0 bridgehead atoms. The molecule has 1 aromatic carbocycles. The van der Waals surface area contributed by atoms with Crippen LogP contribution in [0, 0.1) is 6.92 Å². The minimum Gasteiger partial charge on any atom is -0.313 e. The Morgan fingerprint density at radius 2 is 2.05 bits per heavy atom. The van der Waals surface area contributed by atoms with Gasteiger partial charge >= 0.3 is 0 Å². The fourth-order valence-electron chi connectivity index (χ4n) is 1.89. The molecule has 0 saturated carbocycles. The van der Waals surface area contributed by atoms with Crippen LogP contribution in [0.3, 0.4) is 0 Å². The van der Waals surface area contributed by atoms with Crippen molar-refractivity contribution in [3.63, 3.8) is 0 Å². The summed E-state index contributed by atoms with van der Waals surface area (Å²) < 4.78 is 0. The summed E-state index contributed by atoms with van der Waals surface area (Å²) in [5, 5.41) is 5.71. The lowest BCUT2D eigenvalue weighted by molar-refractivity contribution is 0.672. The Kier molecular flexibility index (Phi) is 6.37. The van der Waals surface area contributed by atoms with Crippen LogP contribution in [0.15, 0.2) is 40.4 Å². The van der Waals surface area contributed by atoms with Crippen molar-refractivity contribution >= 4 is 35.0 Å². The highest BCUT2D eigenvalue weighted by molar-refractivity contribution is 7.99. The first-order valence-corrected chi connectivity index (χ1v) is 8.46. The van der Waals surface area contributed by atoms with Gasteiger partial charge in [-0.05, 0) is 49.2 Å². The maximum absolute atomic E-state index is 6.20. The van der Waals surface area contributed by atoms with Crippen molar-refractivity contribution in [1.29, 1.82) is 0 Å². The van der Waals surface area contributed by atoms with Gasteiger partial charge < -0.3 is 5.32 Å². The van der Waals surface area contributed by atoms with E-state index in [0.717, 1.165) is 35.0 Å². The largest absolute Gasteiger partial charge is 0.313 e. The topological polar surface area (TPSA) is 24.9 Å². The van der Waals surface area contributed by atoms with Gasteiger partial charge in [-0.3, -0.25) is 0 Å². The van der Waals surface area contributed by atoms with Gasteiger partial charge in [0.2, 0.25) is 0 Å². The Labute approximate surface area is 140 Å². The van der Waals surface area contributed by atoms with Gasteiger partial charge in [-0.2, -0.15) is 0 Å². The van der Waals surface area contributed by atoms with Crippen LogP contribution < -0.4 is 5.32 Å². The average Bonchev–Trinajstić information content (AvgIpc) is 2.46. The number of benzene rings is 1. The molecule has 2 rings (SSSR count). The molecule has 0 radical (unpaired) electrons. The molecule has 0 spiro atoms. The number of hydrogen-bond acceptors (Lipinski definition) is 3. The number of aromatic nitrogens is 1. The molecular formula is C16H18Cl2N2S. The zero-order chi connectivity index (χ0) is 15.2. The summed E-state index contributed by atoms with van der Waals surface area (Å²) >= 11 is 13.8. The van der Waals surface area contributed by atoms with Crippen LogP contribution in [0.1, 0.15) is 24.5 Å². The Bertz CT molecular complexity index is 617. The van der Waals surface area contributed by atoms with E-state index in [0.29, 0.717) is 10.0 Å². The molecule has 0 unspecified atom stereocenters. The summed E-state index contributed by atoms with van der Waals surface area (Å²) in [6.07, 6.45) is 3.05. The number of nitrogens with one attached hydrogen (secondary N) is 1. The van der Waals surface area contributed by atoms with Crippen LogP contribution in [0.4, 0.5) is 0 Å². The second-order valence-electron chi connectivity index (χ2n) is 4.82. The molecule has 21 heavy (non-hydrogen) atoms. The van der Waals surface area contributed by atoms with E-state index in [1.165, 1.54) is 5.56 Å². The quantitative estimate of drug-likeness (QED) is 0.717. The maximum Gasteiger partial charge on any atom is 0.104 e. The predicted molar refractivity (Wildman–Crippen MR) is 91.6 cm³/mol. The van der Waals surface area contributed by atoms with Crippen LogP contribution in [-0.2, 0) is 6.54 Å². The number of rotatable bonds is 6. The second-order valence-corrected chi connectivity index (χ2v) is 6.69. The zero-order valence-electron chi connectivity index (χ0n) is 12.1. The van der Waals surface area contributed by atoms with Crippen LogP contribution >= 0.6 is 35.0 Å². The van der Waals surface area contributed by atoms with Crippen molar-refractivity contribution in [2.75, 3.05) is 6.54 Å². The first kappa shape index (κ1) is 16.6. The highest BCUT2D eigenvalue weighted by atomic mass is 35.5. The van der Waals surface area contributed by atoms with E-state index >= 15 is 0 Å². The maximum atomic E-state index is 6.20. The lowest BCUT2D eigenvalue weighted by Crippen LogP contribution is -2.14. The monoisotopic (exact) mass is 340 g/mol. The van der Waals surface area contributed by atoms with Gasteiger partial charge in [0, 0.05) is 22.7 Å². The second kappa shape index (κ2) is 8.04. The van der Waals surface area contributed by atoms with Gasteiger partial charge in [0.15, 0.2) is 0 Å². The molecule has 5 heteroatoms. The molecule has 1 aromatic heterocycles. The normalized spacial score (nSPS) is 10.9. The Morgan fingerprint density at radius 3 is 2.76 bits per heavy atom. The van der Waals surface area contributed by atoms with E-state index in [1.54, 1.807) is 17.8 Å². The lowest BCUT2D eigenvalue weighted by atomic mass is 10.2.